The van der Waals surface area contributed by atoms with Crippen molar-refractivity contribution >= 4 is 22.7 Å². The van der Waals surface area contributed by atoms with Gasteiger partial charge in [-0.25, -0.2) is 0 Å². The summed E-state index contributed by atoms with van der Waals surface area (Å²) in [6.45, 7) is 0. The number of benzene rings is 1. The first-order chi connectivity index (χ1) is 6.70. The zero-order valence-corrected chi connectivity index (χ0v) is 8.30. The van der Waals surface area contributed by atoms with E-state index >= 15 is 0 Å². The highest BCUT2D eigenvalue weighted by Gasteiger charge is 2.04. The van der Waals surface area contributed by atoms with Crippen LogP contribution >= 0.6 is 11.8 Å². The van der Waals surface area contributed by atoms with Crippen molar-refractivity contribution in [3.63, 3.8) is 0 Å². The summed E-state index contributed by atoms with van der Waals surface area (Å²) in [6.07, 6.45) is 1.84. The first-order valence-electron chi connectivity index (χ1n) is 4.01. The minimum absolute atomic E-state index is 0.0710. The topological polar surface area (TPSA) is 50.4 Å². The average Bonchev–Trinajstić information content (AvgIpc) is 2.19. The van der Waals surface area contributed by atoms with E-state index in [0.717, 1.165) is 0 Å². The van der Waals surface area contributed by atoms with E-state index in [1.807, 2.05) is 6.26 Å². The lowest BCUT2D eigenvalue weighted by Crippen LogP contribution is -1.99. The molecule has 0 saturated carbocycles. The van der Waals surface area contributed by atoms with Crippen molar-refractivity contribution in [2.24, 2.45) is 0 Å². The molecule has 0 spiro atoms. The number of thioether (sulfide) groups is 1. The van der Waals surface area contributed by atoms with Crippen LogP contribution in [0.4, 0.5) is 0 Å². The lowest BCUT2D eigenvalue weighted by molar-refractivity contribution is 0.473. The lowest BCUT2D eigenvalue weighted by Gasteiger charge is -1.99. The van der Waals surface area contributed by atoms with Gasteiger partial charge < -0.3 is 9.52 Å². The quantitative estimate of drug-likeness (QED) is 0.730. The predicted octanol–water partition coefficient (Wildman–Crippen LogP) is 2.22. The average molecular weight is 208 g/mol. The fourth-order valence-corrected chi connectivity index (χ4v) is 1.62. The van der Waals surface area contributed by atoms with E-state index in [-0.39, 0.29) is 11.2 Å². The van der Waals surface area contributed by atoms with Gasteiger partial charge in [0.2, 0.25) is 0 Å². The van der Waals surface area contributed by atoms with Crippen molar-refractivity contribution < 1.29 is 9.52 Å². The number of hydrogen-bond acceptors (Lipinski definition) is 4. The third kappa shape index (κ3) is 1.48. The first kappa shape index (κ1) is 9.15. The standard InChI is InChI=1S/C10H8O3S/c1-14-10-5-8(12)7-4-6(11)2-3-9(7)13-10/h2-5,11H,1H3. The Morgan fingerprint density at radius 2 is 2.14 bits per heavy atom. The van der Waals surface area contributed by atoms with Crippen LogP contribution in [-0.2, 0) is 0 Å². The van der Waals surface area contributed by atoms with E-state index < -0.39 is 0 Å². The van der Waals surface area contributed by atoms with Gasteiger partial charge in [0.05, 0.1) is 5.39 Å². The maximum absolute atomic E-state index is 11.5. The van der Waals surface area contributed by atoms with Crippen LogP contribution in [0.5, 0.6) is 5.75 Å². The minimum atomic E-state index is -0.133. The summed E-state index contributed by atoms with van der Waals surface area (Å²) in [4.78, 5) is 11.5. The van der Waals surface area contributed by atoms with E-state index in [1.54, 1.807) is 6.07 Å². The van der Waals surface area contributed by atoms with E-state index in [1.165, 1.54) is 30.0 Å². The number of aromatic hydroxyl groups is 1. The molecule has 1 aromatic carbocycles. The second kappa shape index (κ2) is 3.38. The maximum Gasteiger partial charge on any atom is 0.193 e. The van der Waals surface area contributed by atoms with Gasteiger partial charge in [-0.15, -0.1) is 0 Å². The number of fused-ring (bicyclic) bond motifs is 1. The SMILES string of the molecule is CSc1cc(=O)c2cc(O)ccc2o1. The van der Waals surface area contributed by atoms with Gasteiger partial charge in [0, 0.05) is 6.07 Å². The molecule has 2 rings (SSSR count). The van der Waals surface area contributed by atoms with Gasteiger partial charge in [0.15, 0.2) is 10.5 Å². The summed E-state index contributed by atoms with van der Waals surface area (Å²) in [7, 11) is 0. The highest BCUT2D eigenvalue weighted by Crippen LogP contribution is 2.21. The van der Waals surface area contributed by atoms with Crippen LogP contribution in [0.1, 0.15) is 0 Å². The molecule has 3 nitrogen and oxygen atoms in total. The third-order valence-corrected chi connectivity index (χ3v) is 2.49. The smallest absolute Gasteiger partial charge is 0.193 e. The molecule has 0 aliphatic heterocycles. The molecule has 0 aliphatic rings. The lowest BCUT2D eigenvalue weighted by atomic mass is 10.2. The van der Waals surface area contributed by atoms with Crippen LogP contribution < -0.4 is 5.43 Å². The van der Waals surface area contributed by atoms with Gasteiger partial charge in [0.25, 0.3) is 0 Å². The molecule has 0 bridgehead atoms. The minimum Gasteiger partial charge on any atom is -0.508 e. The Morgan fingerprint density at radius 1 is 1.36 bits per heavy atom. The molecular weight excluding hydrogens is 200 g/mol. The number of rotatable bonds is 1. The normalized spacial score (nSPS) is 10.6. The van der Waals surface area contributed by atoms with Crippen LogP contribution in [0.3, 0.4) is 0 Å². The second-order valence-electron chi connectivity index (χ2n) is 2.81. The molecule has 1 heterocycles. The van der Waals surface area contributed by atoms with Crippen molar-refractivity contribution in [2.75, 3.05) is 6.26 Å². The van der Waals surface area contributed by atoms with Gasteiger partial charge in [-0.3, -0.25) is 4.79 Å². The van der Waals surface area contributed by atoms with Crippen molar-refractivity contribution in [1.29, 1.82) is 0 Å². The zero-order chi connectivity index (χ0) is 10.1. The largest absolute Gasteiger partial charge is 0.508 e. The highest BCUT2D eigenvalue weighted by atomic mass is 32.2. The molecule has 2 aromatic rings. The third-order valence-electron chi connectivity index (χ3n) is 1.89. The molecule has 72 valence electrons. The van der Waals surface area contributed by atoms with Crippen molar-refractivity contribution in [2.45, 2.75) is 5.09 Å². The Labute approximate surface area is 84.4 Å². The molecule has 1 aromatic heterocycles. The van der Waals surface area contributed by atoms with E-state index in [4.69, 9.17) is 4.42 Å². The molecular formula is C10H8O3S. The van der Waals surface area contributed by atoms with Crippen LogP contribution in [0.25, 0.3) is 11.0 Å². The molecule has 0 radical (unpaired) electrons. The fourth-order valence-electron chi connectivity index (χ4n) is 1.22. The maximum atomic E-state index is 11.5. The first-order valence-corrected chi connectivity index (χ1v) is 5.24. The monoisotopic (exact) mass is 208 g/mol. The van der Waals surface area contributed by atoms with Crippen LogP contribution in [0, 0.1) is 0 Å². The molecule has 0 atom stereocenters. The van der Waals surface area contributed by atoms with E-state index in [0.29, 0.717) is 16.1 Å². The van der Waals surface area contributed by atoms with Crippen LogP contribution in [-0.4, -0.2) is 11.4 Å². The number of hydrogen-bond donors (Lipinski definition) is 1. The van der Waals surface area contributed by atoms with Gasteiger partial charge >= 0.3 is 0 Å². The molecule has 0 saturated heterocycles. The highest BCUT2D eigenvalue weighted by molar-refractivity contribution is 7.98. The molecule has 1 N–H and O–H groups in total. The van der Waals surface area contributed by atoms with E-state index in [9.17, 15) is 9.90 Å². The molecule has 0 unspecified atom stereocenters. The Balaban J connectivity index is 2.83. The van der Waals surface area contributed by atoms with Crippen LogP contribution in [0.2, 0.25) is 0 Å². The van der Waals surface area contributed by atoms with E-state index in [2.05, 4.69) is 0 Å². The number of phenolic OH excluding ortho intramolecular Hbond substituents is 1. The Bertz CT molecular complexity index is 530. The molecule has 14 heavy (non-hydrogen) atoms. The molecule has 0 fully saturated rings. The summed E-state index contributed by atoms with van der Waals surface area (Å²) in [5.74, 6) is 0.0710. The molecule has 4 heteroatoms. The van der Waals surface area contributed by atoms with Crippen molar-refractivity contribution in [1.82, 2.24) is 0 Å². The Hall–Kier alpha value is -1.42. The molecule has 0 aliphatic carbocycles. The van der Waals surface area contributed by atoms with Gasteiger partial charge in [-0.2, -0.15) is 0 Å². The van der Waals surface area contributed by atoms with Gasteiger partial charge in [-0.05, 0) is 24.5 Å². The summed E-state index contributed by atoms with van der Waals surface area (Å²) in [5, 5.41) is 10.2. The second-order valence-corrected chi connectivity index (χ2v) is 3.62. The summed E-state index contributed by atoms with van der Waals surface area (Å²) in [5.41, 5.74) is 0.367. The Morgan fingerprint density at radius 3 is 2.86 bits per heavy atom. The Kier molecular flexibility index (Phi) is 2.21. The predicted molar refractivity (Wildman–Crippen MR) is 55.9 cm³/mol. The zero-order valence-electron chi connectivity index (χ0n) is 7.48. The molecule has 0 amide bonds. The van der Waals surface area contributed by atoms with Crippen molar-refractivity contribution in [3.05, 3.63) is 34.5 Å². The fraction of sp³-hybridized carbons (Fsp3) is 0.100. The number of phenols is 1. The van der Waals surface area contributed by atoms with Gasteiger partial charge in [-0.1, -0.05) is 11.8 Å². The summed E-state index contributed by atoms with van der Waals surface area (Å²) in [6, 6.07) is 5.92. The van der Waals surface area contributed by atoms with Crippen molar-refractivity contribution in [3.8, 4) is 5.75 Å². The summed E-state index contributed by atoms with van der Waals surface area (Å²) >= 11 is 1.37. The van der Waals surface area contributed by atoms with Crippen LogP contribution in [0.15, 0.2) is 38.6 Å². The summed E-state index contributed by atoms with van der Waals surface area (Å²) < 4.78 is 5.40. The van der Waals surface area contributed by atoms with Gasteiger partial charge in [0.1, 0.15) is 11.3 Å².